The Labute approximate surface area is 146 Å². The van der Waals surface area contributed by atoms with Gasteiger partial charge in [-0.05, 0) is 22.7 Å². The molecule has 0 fully saturated rings. The van der Waals surface area contributed by atoms with Crippen molar-refractivity contribution in [3.05, 3.63) is 53.1 Å². The van der Waals surface area contributed by atoms with E-state index in [0.717, 1.165) is 24.3 Å². The largest absolute Gasteiger partial charge is 0.488 e. The van der Waals surface area contributed by atoms with Gasteiger partial charge in [-0.1, -0.05) is 30.3 Å². The quantitative estimate of drug-likeness (QED) is 0.587. The van der Waals surface area contributed by atoms with Crippen molar-refractivity contribution >= 4 is 12.6 Å². The molecule has 0 aliphatic carbocycles. The van der Waals surface area contributed by atoms with Crippen molar-refractivity contribution in [2.45, 2.75) is 18.5 Å². The van der Waals surface area contributed by atoms with E-state index in [1.54, 1.807) is 0 Å². The van der Waals surface area contributed by atoms with Crippen molar-refractivity contribution in [1.29, 1.82) is 0 Å². The molecule has 0 unspecified atom stereocenters. The zero-order valence-electron chi connectivity index (χ0n) is 12.8. The molecule has 0 saturated carbocycles. The fourth-order valence-corrected chi connectivity index (χ4v) is 2.50. The van der Waals surface area contributed by atoms with Gasteiger partial charge in [0, 0.05) is 0 Å². The average molecular weight is 402 g/mol. The SMILES string of the molecule is OB(O)c1ccc(-c2ccc(C(F)(F)F)c(C(F)(F)F)c2C(F)(F)F)cc1. The highest BCUT2D eigenvalue weighted by Gasteiger charge is 2.51. The number of halogens is 9. The second kappa shape index (κ2) is 6.75. The highest BCUT2D eigenvalue weighted by molar-refractivity contribution is 6.58. The van der Waals surface area contributed by atoms with Crippen molar-refractivity contribution in [3.8, 4) is 11.1 Å². The maximum atomic E-state index is 13.4. The molecule has 0 heterocycles. The van der Waals surface area contributed by atoms with Gasteiger partial charge < -0.3 is 10.0 Å². The second-order valence-corrected chi connectivity index (χ2v) is 5.40. The standard InChI is InChI=1S/C15H8BF9O2/c17-13(18,19)10-6-5-9(7-1-3-8(4-2-7)16(26)27)11(14(20,21)22)12(10)15(23,24)25/h1-6,26-27H. The van der Waals surface area contributed by atoms with Gasteiger partial charge in [-0.3, -0.25) is 0 Å². The summed E-state index contributed by atoms with van der Waals surface area (Å²) in [4.78, 5) is 0. The van der Waals surface area contributed by atoms with Crippen LogP contribution in [0.4, 0.5) is 39.5 Å². The monoisotopic (exact) mass is 402 g/mol. The van der Waals surface area contributed by atoms with Gasteiger partial charge in [0.05, 0.1) is 16.7 Å². The Kier molecular flexibility index (Phi) is 5.28. The van der Waals surface area contributed by atoms with Gasteiger partial charge in [-0.25, -0.2) is 0 Å². The first-order valence-electron chi connectivity index (χ1n) is 6.99. The number of alkyl halides is 9. The second-order valence-electron chi connectivity index (χ2n) is 5.40. The Balaban J connectivity index is 2.87. The van der Waals surface area contributed by atoms with Crippen LogP contribution in [0.2, 0.25) is 0 Å². The fourth-order valence-electron chi connectivity index (χ4n) is 2.50. The minimum atomic E-state index is -5.92. The molecule has 2 aromatic rings. The first-order valence-corrected chi connectivity index (χ1v) is 6.99. The van der Waals surface area contributed by atoms with Gasteiger partial charge >= 0.3 is 25.6 Å². The average Bonchev–Trinajstić information content (AvgIpc) is 2.51. The normalized spacial score (nSPS) is 13.0. The van der Waals surface area contributed by atoms with E-state index >= 15 is 0 Å². The highest BCUT2D eigenvalue weighted by atomic mass is 19.4. The number of hydrogen-bond donors (Lipinski definition) is 2. The fraction of sp³-hybridized carbons (Fsp3) is 0.200. The summed E-state index contributed by atoms with van der Waals surface area (Å²) in [5.41, 5.74) is -9.52. The Hall–Kier alpha value is -2.21. The third-order valence-corrected chi connectivity index (χ3v) is 3.60. The van der Waals surface area contributed by atoms with Crippen LogP contribution >= 0.6 is 0 Å². The van der Waals surface area contributed by atoms with Crippen molar-refractivity contribution in [1.82, 2.24) is 0 Å². The minimum Gasteiger partial charge on any atom is -0.423 e. The lowest BCUT2D eigenvalue weighted by molar-refractivity contribution is -0.174. The molecule has 2 aromatic carbocycles. The van der Waals surface area contributed by atoms with Crippen LogP contribution in [0.5, 0.6) is 0 Å². The maximum absolute atomic E-state index is 13.4. The molecular weight excluding hydrogens is 394 g/mol. The first kappa shape index (κ1) is 21.1. The Morgan fingerprint density at radius 3 is 1.44 bits per heavy atom. The Morgan fingerprint density at radius 1 is 0.593 bits per heavy atom. The smallest absolute Gasteiger partial charge is 0.423 e. The molecular formula is C15H8BF9O2. The zero-order chi connectivity index (χ0) is 20.8. The van der Waals surface area contributed by atoms with Gasteiger partial charge in [-0.2, -0.15) is 39.5 Å². The summed E-state index contributed by atoms with van der Waals surface area (Å²) in [6.45, 7) is 0. The highest BCUT2D eigenvalue weighted by Crippen LogP contribution is 2.49. The molecule has 0 aliphatic rings. The van der Waals surface area contributed by atoms with Crippen LogP contribution in [0.25, 0.3) is 11.1 Å². The Morgan fingerprint density at radius 2 is 1.07 bits per heavy atom. The lowest BCUT2D eigenvalue weighted by atomic mass is 9.79. The van der Waals surface area contributed by atoms with E-state index in [9.17, 15) is 39.5 Å². The van der Waals surface area contributed by atoms with Crippen LogP contribution in [-0.2, 0) is 18.5 Å². The number of hydrogen-bond acceptors (Lipinski definition) is 2. The topological polar surface area (TPSA) is 40.5 Å². The van der Waals surface area contributed by atoms with Crippen LogP contribution in [0.3, 0.4) is 0 Å². The Bertz CT molecular complexity index is 821. The summed E-state index contributed by atoms with van der Waals surface area (Å²) in [6, 6.07) is 3.75. The first-order chi connectivity index (χ1) is 12.1. The molecule has 2 nitrogen and oxygen atoms in total. The molecule has 0 spiro atoms. The molecule has 0 bridgehead atoms. The van der Waals surface area contributed by atoms with E-state index in [-0.39, 0.29) is 11.5 Å². The van der Waals surface area contributed by atoms with Crippen molar-refractivity contribution in [2.75, 3.05) is 0 Å². The summed E-state index contributed by atoms with van der Waals surface area (Å²) in [6.07, 6.45) is -17.3. The van der Waals surface area contributed by atoms with Crippen LogP contribution in [-0.4, -0.2) is 17.2 Å². The van der Waals surface area contributed by atoms with E-state index in [0.29, 0.717) is 6.07 Å². The summed E-state index contributed by atoms with van der Waals surface area (Å²) in [5.74, 6) is 0. The minimum absolute atomic E-state index is 0.0673. The molecule has 0 aromatic heterocycles. The van der Waals surface area contributed by atoms with Crippen molar-refractivity contribution < 1.29 is 49.6 Å². The van der Waals surface area contributed by atoms with E-state index in [1.807, 2.05) is 0 Å². The predicted molar refractivity (Wildman–Crippen MR) is 76.7 cm³/mol. The number of rotatable bonds is 2. The van der Waals surface area contributed by atoms with Crippen LogP contribution in [0, 0.1) is 0 Å². The third-order valence-electron chi connectivity index (χ3n) is 3.60. The van der Waals surface area contributed by atoms with E-state index < -0.39 is 53.5 Å². The summed E-state index contributed by atoms with van der Waals surface area (Å²) < 4.78 is 118. The molecule has 146 valence electrons. The molecule has 0 radical (unpaired) electrons. The zero-order valence-corrected chi connectivity index (χ0v) is 12.8. The molecule has 0 aliphatic heterocycles. The molecule has 2 rings (SSSR count). The predicted octanol–water partition coefficient (Wildman–Crippen LogP) is 4.09. The van der Waals surface area contributed by atoms with E-state index in [2.05, 4.69) is 0 Å². The lowest BCUT2D eigenvalue weighted by Gasteiger charge is -2.23. The number of benzene rings is 2. The van der Waals surface area contributed by atoms with Gasteiger partial charge in [-0.15, -0.1) is 0 Å². The maximum Gasteiger partial charge on any atom is 0.488 e. The molecule has 0 amide bonds. The van der Waals surface area contributed by atoms with Gasteiger partial charge in [0.1, 0.15) is 0 Å². The lowest BCUT2D eigenvalue weighted by Crippen LogP contribution is -2.29. The molecule has 0 saturated heterocycles. The molecule has 12 heteroatoms. The summed E-state index contributed by atoms with van der Waals surface area (Å²) in [7, 11) is -1.99. The van der Waals surface area contributed by atoms with Crippen molar-refractivity contribution in [2.24, 2.45) is 0 Å². The molecule has 0 atom stereocenters. The van der Waals surface area contributed by atoms with E-state index in [1.165, 1.54) is 0 Å². The molecule has 27 heavy (non-hydrogen) atoms. The molecule has 2 N–H and O–H groups in total. The van der Waals surface area contributed by atoms with Crippen LogP contribution in [0.1, 0.15) is 16.7 Å². The summed E-state index contributed by atoms with van der Waals surface area (Å²) >= 11 is 0. The summed E-state index contributed by atoms with van der Waals surface area (Å²) in [5, 5.41) is 17.9. The van der Waals surface area contributed by atoms with E-state index in [4.69, 9.17) is 10.0 Å². The van der Waals surface area contributed by atoms with Crippen LogP contribution < -0.4 is 5.46 Å². The van der Waals surface area contributed by atoms with Gasteiger partial charge in [0.25, 0.3) is 0 Å². The van der Waals surface area contributed by atoms with Gasteiger partial charge in [0.2, 0.25) is 0 Å². The van der Waals surface area contributed by atoms with Crippen LogP contribution in [0.15, 0.2) is 36.4 Å². The third kappa shape index (κ3) is 4.38. The van der Waals surface area contributed by atoms with Crippen molar-refractivity contribution in [3.63, 3.8) is 0 Å². The van der Waals surface area contributed by atoms with Gasteiger partial charge in [0.15, 0.2) is 0 Å².